The van der Waals surface area contributed by atoms with E-state index in [-0.39, 0.29) is 29.9 Å². The molecule has 1 aliphatic carbocycles. The van der Waals surface area contributed by atoms with Gasteiger partial charge in [-0.05, 0) is 44.4 Å². The summed E-state index contributed by atoms with van der Waals surface area (Å²) < 4.78 is 0. The fourth-order valence-electron chi connectivity index (χ4n) is 3.28. The molecule has 0 radical (unpaired) electrons. The molecule has 1 aliphatic rings. The molecular formula is C20H33IN4O. The summed E-state index contributed by atoms with van der Waals surface area (Å²) >= 11 is 0. The number of amides is 1. The summed E-state index contributed by atoms with van der Waals surface area (Å²) in [6.45, 7) is 6.19. The van der Waals surface area contributed by atoms with Crippen molar-refractivity contribution in [1.29, 1.82) is 0 Å². The maximum Gasteiger partial charge on any atom is 0.253 e. The lowest BCUT2D eigenvalue weighted by atomic mass is 9.96. The van der Waals surface area contributed by atoms with E-state index in [0.29, 0.717) is 12.6 Å². The van der Waals surface area contributed by atoms with Crippen molar-refractivity contribution in [3.05, 3.63) is 35.4 Å². The van der Waals surface area contributed by atoms with Crippen molar-refractivity contribution in [2.45, 2.75) is 58.5 Å². The van der Waals surface area contributed by atoms with Gasteiger partial charge in [-0.3, -0.25) is 9.79 Å². The van der Waals surface area contributed by atoms with Gasteiger partial charge in [0.15, 0.2) is 5.96 Å². The summed E-state index contributed by atoms with van der Waals surface area (Å²) in [5, 5.41) is 6.88. The van der Waals surface area contributed by atoms with Crippen molar-refractivity contribution < 1.29 is 4.79 Å². The van der Waals surface area contributed by atoms with Gasteiger partial charge < -0.3 is 15.5 Å². The zero-order valence-corrected chi connectivity index (χ0v) is 18.6. The summed E-state index contributed by atoms with van der Waals surface area (Å²) in [6.07, 6.45) is 6.40. The standard InChI is InChI=1S/C20H32N4O.HI/c1-4-24(5-2)19(25)17-13-11-16(12-14-17)15-22-20(21-3)23-18-9-7-6-8-10-18;/h11-14,18H,4-10,15H2,1-3H3,(H2,21,22,23);1H. The summed E-state index contributed by atoms with van der Waals surface area (Å²) in [5.74, 6) is 0.953. The number of halogens is 1. The average Bonchev–Trinajstić information content (AvgIpc) is 2.67. The van der Waals surface area contributed by atoms with Gasteiger partial charge in [-0.15, -0.1) is 24.0 Å². The number of hydrogen-bond acceptors (Lipinski definition) is 2. The minimum absolute atomic E-state index is 0. The summed E-state index contributed by atoms with van der Waals surface area (Å²) in [7, 11) is 1.81. The molecule has 0 spiro atoms. The quantitative estimate of drug-likeness (QED) is 0.377. The van der Waals surface area contributed by atoms with Crippen LogP contribution in [0.1, 0.15) is 61.9 Å². The largest absolute Gasteiger partial charge is 0.354 e. The highest BCUT2D eigenvalue weighted by molar-refractivity contribution is 14.0. The number of hydrogen-bond donors (Lipinski definition) is 2. The monoisotopic (exact) mass is 472 g/mol. The molecule has 1 saturated carbocycles. The molecule has 0 aliphatic heterocycles. The van der Waals surface area contributed by atoms with E-state index in [2.05, 4.69) is 15.6 Å². The van der Waals surface area contributed by atoms with Crippen LogP contribution in [0.3, 0.4) is 0 Å². The molecule has 5 nitrogen and oxygen atoms in total. The number of rotatable bonds is 6. The van der Waals surface area contributed by atoms with E-state index in [1.165, 1.54) is 32.1 Å². The number of carbonyl (C=O) groups is 1. The van der Waals surface area contributed by atoms with E-state index in [0.717, 1.165) is 30.2 Å². The van der Waals surface area contributed by atoms with Gasteiger partial charge in [0.25, 0.3) is 5.91 Å². The van der Waals surface area contributed by atoms with Crippen LogP contribution in [0.5, 0.6) is 0 Å². The highest BCUT2D eigenvalue weighted by Gasteiger charge is 2.15. The van der Waals surface area contributed by atoms with Gasteiger partial charge in [-0.25, -0.2) is 0 Å². The lowest BCUT2D eigenvalue weighted by Crippen LogP contribution is -2.43. The first-order valence-electron chi connectivity index (χ1n) is 9.53. The number of carbonyl (C=O) groups excluding carboxylic acids is 1. The predicted octanol–water partition coefficient (Wildman–Crippen LogP) is 3.78. The van der Waals surface area contributed by atoms with Gasteiger partial charge in [0.2, 0.25) is 0 Å². The fraction of sp³-hybridized carbons (Fsp3) is 0.600. The molecule has 146 valence electrons. The highest BCUT2D eigenvalue weighted by atomic mass is 127. The molecule has 0 aromatic heterocycles. The summed E-state index contributed by atoms with van der Waals surface area (Å²) in [5.41, 5.74) is 1.89. The highest BCUT2D eigenvalue weighted by Crippen LogP contribution is 2.17. The third kappa shape index (κ3) is 6.78. The topological polar surface area (TPSA) is 56.7 Å². The Hall–Kier alpha value is -1.31. The maximum atomic E-state index is 12.3. The Kier molecular flexibility index (Phi) is 10.6. The van der Waals surface area contributed by atoms with Crippen molar-refractivity contribution in [2.75, 3.05) is 20.1 Å². The first-order chi connectivity index (χ1) is 12.2. The van der Waals surface area contributed by atoms with Crippen LogP contribution in [0.15, 0.2) is 29.3 Å². The maximum absolute atomic E-state index is 12.3. The van der Waals surface area contributed by atoms with Gasteiger partial charge in [0, 0.05) is 38.3 Å². The molecule has 0 saturated heterocycles. The molecule has 0 atom stereocenters. The number of nitrogens with zero attached hydrogens (tertiary/aromatic N) is 2. The lowest BCUT2D eigenvalue weighted by Gasteiger charge is -2.25. The molecule has 0 unspecified atom stereocenters. The van der Waals surface area contributed by atoms with Gasteiger partial charge in [0.05, 0.1) is 0 Å². The summed E-state index contributed by atoms with van der Waals surface area (Å²) in [6, 6.07) is 8.38. The van der Waals surface area contributed by atoms with E-state index in [4.69, 9.17) is 0 Å². The Morgan fingerprint density at radius 2 is 1.73 bits per heavy atom. The third-order valence-corrected chi connectivity index (χ3v) is 4.88. The summed E-state index contributed by atoms with van der Waals surface area (Å²) in [4.78, 5) is 18.5. The van der Waals surface area contributed by atoms with E-state index < -0.39 is 0 Å². The average molecular weight is 472 g/mol. The van der Waals surface area contributed by atoms with Crippen molar-refractivity contribution in [3.8, 4) is 0 Å². The van der Waals surface area contributed by atoms with Gasteiger partial charge in [-0.1, -0.05) is 31.4 Å². The Labute approximate surface area is 175 Å². The molecular weight excluding hydrogens is 439 g/mol. The Morgan fingerprint density at radius 3 is 2.27 bits per heavy atom. The zero-order valence-electron chi connectivity index (χ0n) is 16.3. The second-order valence-corrected chi connectivity index (χ2v) is 6.58. The van der Waals surface area contributed by atoms with Crippen LogP contribution >= 0.6 is 24.0 Å². The molecule has 26 heavy (non-hydrogen) atoms. The number of guanidine groups is 1. The number of nitrogens with one attached hydrogen (secondary N) is 2. The van der Waals surface area contributed by atoms with Crippen molar-refractivity contribution >= 4 is 35.8 Å². The predicted molar refractivity (Wildman–Crippen MR) is 119 cm³/mol. The lowest BCUT2D eigenvalue weighted by molar-refractivity contribution is 0.0773. The Balaban J connectivity index is 0.00000338. The van der Waals surface area contributed by atoms with E-state index in [1.807, 2.05) is 50.1 Å². The first kappa shape index (κ1) is 22.7. The van der Waals surface area contributed by atoms with Gasteiger partial charge >= 0.3 is 0 Å². The van der Waals surface area contributed by atoms with Crippen LogP contribution in [0, 0.1) is 0 Å². The SMILES string of the molecule is CCN(CC)C(=O)c1ccc(CNC(=NC)NC2CCCCC2)cc1.I. The second-order valence-electron chi connectivity index (χ2n) is 6.58. The number of benzene rings is 1. The first-order valence-corrected chi connectivity index (χ1v) is 9.53. The normalized spacial score (nSPS) is 15.1. The molecule has 1 aromatic carbocycles. The molecule has 1 fully saturated rings. The molecule has 6 heteroatoms. The molecule has 2 rings (SSSR count). The Morgan fingerprint density at radius 1 is 1.12 bits per heavy atom. The van der Waals surface area contributed by atoms with Crippen molar-refractivity contribution in [1.82, 2.24) is 15.5 Å². The molecule has 1 amide bonds. The van der Waals surface area contributed by atoms with Gasteiger partial charge in [-0.2, -0.15) is 0 Å². The van der Waals surface area contributed by atoms with E-state index in [1.54, 1.807) is 0 Å². The molecule has 1 aromatic rings. The van der Waals surface area contributed by atoms with Crippen LogP contribution in [0.25, 0.3) is 0 Å². The smallest absolute Gasteiger partial charge is 0.253 e. The zero-order chi connectivity index (χ0) is 18.1. The molecule has 2 N–H and O–H groups in total. The van der Waals surface area contributed by atoms with Crippen LogP contribution in [0.4, 0.5) is 0 Å². The third-order valence-electron chi connectivity index (χ3n) is 4.88. The van der Waals surface area contributed by atoms with Crippen molar-refractivity contribution in [2.24, 2.45) is 4.99 Å². The molecule has 0 heterocycles. The molecule has 0 bridgehead atoms. The van der Waals surface area contributed by atoms with Crippen LogP contribution in [-0.4, -0.2) is 42.9 Å². The second kappa shape index (κ2) is 12.1. The van der Waals surface area contributed by atoms with Crippen LogP contribution in [-0.2, 0) is 6.54 Å². The van der Waals surface area contributed by atoms with Gasteiger partial charge in [0.1, 0.15) is 0 Å². The van der Waals surface area contributed by atoms with Crippen molar-refractivity contribution in [3.63, 3.8) is 0 Å². The Bertz CT molecular complexity index is 564. The minimum atomic E-state index is 0. The number of aliphatic imine (C=N–C) groups is 1. The minimum Gasteiger partial charge on any atom is -0.354 e. The van der Waals surface area contributed by atoms with E-state index in [9.17, 15) is 4.79 Å². The van der Waals surface area contributed by atoms with Crippen LogP contribution in [0.2, 0.25) is 0 Å². The van der Waals surface area contributed by atoms with Crippen LogP contribution < -0.4 is 10.6 Å². The van der Waals surface area contributed by atoms with E-state index >= 15 is 0 Å². The fourth-order valence-corrected chi connectivity index (χ4v) is 3.28.